The van der Waals surface area contributed by atoms with E-state index in [1.54, 1.807) is 14.2 Å². The zero-order valence-electron chi connectivity index (χ0n) is 10.3. The van der Waals surface area contributed by atoms with E-state index in [0.717, 1.165) is 0 Å². The van der Waals surface area contributed by atoms with E-state index < -0.39 is 0 Å². The highest BCUT2D eigenvalue weighted by Crippen LogP contribution is 2.40. The summed E-state index contributed by atoms with van der Waals surface area (Å²) in [7, 11) is 3.48. The summed E-state index contributed by atoms with van der Waals surface area (Å²) in [6.45, 7) is 4.19. The lowest BCUT2D eigenvalue weighted by Gasteiger charge is -2.34. The molecule has 1 aromatic rings. The maximum absolute atomic E-state index is 5.61. The van der Waals surface area contributed by atoms with Gasteiger partial charge in [-0.15, -0.1) is 0 Å². The van der Waals surface area contributed by atoms with Crippen molar-refractivity contribution in [3.63, 3.8) is 0 Å². The molecule has 2 nitrogen and oxygen atoms in total. The minimum absolute atomic E-state index is 0.0411. The van der Waals surface area contributed by atoms with Crippen LogP contribution < -0.4 is 0 Å². The Kier molecular flexibility index (Phi) is 2.87. The Bertz CT molecular complexity index is 423. The van der Waals surface area contributed by atoms with Gasteiger partial charge in [-0.3, -0.25) is 0 Å². The van der Waals surface area contributed by atoms with Gasteiger partial charge in [0.15, 0.2) is 0 Å². The van der Waals surface area contributed by atoms with E-state index in [-0.39, 0.29) is 11.7 Å². The lowest BCUT2D eigenvalue weighted by atomic mass is 9.82. The molecule has 0 N–H and O–H groups in total. The normalized spacial score (nSPS) is 27.9. The summed E-state index contributed by atoms with van der Waals surface area (Å²) in [4.78, 5) is 0. The Hall–Kier alpha value is -1.12. The van der Waals surface area contributed by atoms with Gasteiger partial charge < -0.3 is 9.47 Å². The molecule has 0 heterocycles. The van der Waals surface area contributed by atoms with Crippen LogP contribution in [0.15, 0.2) is 30.4 Å². The van der Waals surface area contributed by atoms with Crippen molar-refractivity contribution in [1.29, 1.82) is 0 Å². The van der Waals surface area contributed by atoms with Gasteiger partial charge in [-0.05, 0) is 36.6 Å². The van der Waals surface area contributed by atoms with E-state index >= 15 is 0 Å². The fourth-order valence-electron chi connectivity index (χ4n) is 2.32. The van der Waals surface area contributed by atoms with Crippen LogP contribution in [0.25, 0.3) is 0 Å². The summed E-state index contributed by atoms with van der Waals surface area (Å²) in [5, 5.41) is 0. The van der Waals surface area contributed by atoms with E-state index in [0.29, 0.717) is 0 Å². The molecule has 1 aliphatic carbocycles. The molecule has 1 aromatic carbocycles. The van der Waals surface area contributed by atoms with Crippen LogP contribution >= 0.6 is 0 Å². The molecule has 0 unspecified atom stereocenters. The van der Waals surface area contributed by atoms with Crippen LogP contribution in [0.1, 0.15) is 29.7 Å². The molecule has 1 aliphatic rings. The Balaban J connectivity index is 2.63. The van der Waals surface area contributed by atoms with Gasteiger partial charge in [0, 0.05) is 14.2 Å². The molecule has 0 amide bonds. The molecule has 0 saturated heterocycles. The number of fused-ring (bicyclic) bond motifs is 1. The van der Waals surface area contributed by atoms with Crippen LogP contribution in [0.4, 0.5) is 0 Å². The number of ether oxygens (including phenoxy) is 2. The summed E-state index contributed by atoms with van der Waals surface area (Å²) in [6, 6.07) is 6.29. The molecule has 0 bridgehead atoms. The van der Waals surface area contributed by atoms with E-state index in [1.807, 2.05) is 0 Å². The van der Waals surface area contributed by atoms with Gasteiger partial charge in [-0.2, -0.15) is 0 Å². The van der Waals surface area contributed by atoms with E-state index in [4.69, 9.17) is 9.47 Å². The lowest BCUT2D eigenvalue weighted by Crippen LogP contribution is -2.28. The first-order valence-electron chi connectivity index (χ1n) is 5.49. The molecule has 2 rings (SSSR count). The summed E-state index contributed by atoms with van der Waals surface area (Å²) in [5.74, 6) is 0. The lowest BCUT2D eigenvalue weighted by molar-refractivity contribution is 0.0350. The molecule has 0 aliphatic heterocycles. The van der Waals surface area contributed by atoms with Crippen LogP contribution in [0.3, 0.4) is 0 Å². The van der Waals surface area contributed by atoms with Crippen LogP contribution in [-0.4, -0.2) is 14.2 Å². The maximum Gasteiger partial charge on any atom is 0.108 e. The SMILES string of the molecule is CO[C@@H]1C=C[C@@](C)(OC)c2cccc(C)c21. The summed E-state index contributed by atoms with van der Waals surface area (Å²) >= 11 is 0. The second kappa shape index (κ2) is 4.04. The van der Waals surface area contributed by atoms with Crippen molar-refractivity contribution < 1.29 is 9.47 Å². The molecule has 86 valence electrons. The first-order valence-corrected chi connectivity index (χ1v) is 5.49. The van der Waals surface area contributed by atoms with Gasteiger partial charge in [-0.1, -0.05) is 24.3 Å². The third-order valence-electron chi connectivity index (χ3n) is 3.41. The first kappa shape index (κ1) is 11.4. The summed E-state index contributed by atoms with van der Waals surface area (Å²) in [6.07, 6.45) is 4.18. The van der Waals surface area contributed by atoms with Gasteiger partial charge in [-0.25, -0.2) is 0 Å². The highest BCUT2D eigenvalue weighted by molar-refractivity contribution is 5.46. The quantitative estimate of drug-likeness (QED) is 0.710. The zero-order valence-corrected chi connectivity index (χ0v) is 10.3. The third-order valence-corrected chi connectivity index (χ3v) is 3.41. The van der Waals surface area contributed by atoms with Crippen molar-refractivity contribution in [3.8, 4) is 0 Å². The average molecular weight is 218 g/mol. The molecule has 0 spiro atoms. The highest BCUT2D eigenvalue weighted by atomic mass is 16.5. The second-order valence-electron chi connectivity index (χ2n) is 4.36. The predicted molar refractivity (Wildman–Crippen MR) is 64.4 cm³/mol. The minimum atomic E-state index is -0.337. The summed E-state index contributed by atoms with van der Waals surface area (Å²) in [5.41, 5.74) is 3.34. The Morgan fingerprint density at radius 3 is 2.62 bits per heavy atom. The second-order valence-corrected chi connectivity index (χ2v) is 4.36. The van der Waals surface area contributed by atoms with E-state index in [9.17, 15) is 0 Å². The van der Waals surface area contributed by atoms with Crippen molar-refractivity contribution in [1.82, 2.24) is 0 Å². The Morgan fingerprint density at radius 2 is 2.00 bits per heavy atom. The van der Waals surface area contributed by atoms with Gasteiger partial charge in [0.05, 0.1) is 0 Å². The fourth-order valence-corrected chi connectivity index (χ4v) is 2.32. The van der Waals surface area contributed by atoms with Crippen molar-refractivity contribution in [3.05, 3.63) is 47.0 Å². The smallest absolute Gasteiger partial charge is 0.108 e. The molecule has 0 aromatic heterocycles. The van der Waals surface area contributed by atoms with E-state index in [2.05, 4.69) is 44.2 Å². The minimum Gasteiger partial charge on any atom is -0.373 e. The van der Waals surface area contributed by atoms with Gasteiger partial charge in [0.25, 0.3) is 0 Å². The fraction of sp³-hybridized carbons (Fsp3) is 0.429. The zero-order chi connectivity index (χ0) is 11.8. The van der Waals surface area contributed by atoms with Crippen molar-refractivity contribution in [2.45, 2.75) is 25.6 Å². The molecular weight excluding hydrogens is 200 g/mol. The summed E-state index contributed by atoms with van der Waals surface area (Å²) < 4.78 is 11.1. The van der Waals surface area contributed by atoms with Crippen LogP contribution in [-0.2, 0) is 15.1 Å². The maximum atomic E-state index is 5.61. The van der Waals surface area contributed by atoms with Crippen LogP contribution in [0.5, 0.6) is 0 Å². The van der Waals surface area contributed by atoms with Crippen molar-refractivity contribution >= 4 is 0 Å². The largest absolute Gasteiger partial charge is 0.373 e. The molecule has 0 fully saturated rings. The van der Waals surface area contributed by atoms with Crippen molar-refractivity contribution in [2.75, 3.05) is 14.2 Å². The van der Waals surface area contributed by atoms with Crippen LogP contribution in [0.2, 0.25) is 0 Å². The van der Waals surface area contributed by atoms with Gasteiger partial charge in [0.2, 0.25) is 0 Å². The number of methoxy groups -OCH3 is 2. The number of benzene rings is 1. The Morgan fingerprint density at radius 1 is 1.25 bits per heavy atom. The number of aryl methyl sites for hydroxylation is 1. The first-order chi connectivity index (χ1) is 7.62. The number of hydrogen-bond acceptors (Lipinski definition) is 2. The topological polar surface area (TPSA) is 18.5 Å². The van der Waals surface area contributed by atoms with Crippen molar-refractivity contribution in [2.24, 2.45) is 0 Å². The number of hydrogen-bond donors (Lipinski definition) is 0. The van der Waals surface area contributed by atoms with E-state index in [1.165, 1.54) is 16.7 Å². The molecule has 2 heteroatoms. The Labute approximate surface area is 96.9 Å². The van der Waals surface area contributed by atoms with Gasteiger partial charge >= 0.3 is 0 Å². The molecule has 0 saturated carbocycles. The number of rotatable bonds is 2. The third kappa shape index (κ3) is 1.58. The van der Waals surface area contributed by atoms with Crippen LogP contribution in [0, 0.1) is 6.92 Å². The molecule has 0 radical (unpaired) electrons. The monoisotopic (exact) mass is 218 g/mol. The highest BCUT2D eigenvalue weighted by Gasteiger charge is 2.32. The average Bonchev–Trinajstić information content (AvgIpc) is 2.31. The van der Waals surface area contributed by atoms with Gasteiger partial charge in [0.1, 0.15) is 11.7 Å². The molecule has 2 atom stereocenters. The standard InChI is InChI=1S/C14H18O2/c1-10-6-5-7-11-13(10)12(15-3)8-9-14(11,2)16-4/h5-9,12H,1-4H3/t12-,14-/m1/s1. The predicted octanol–water partition coefficient (Wildman–Crippen LogP) is 3.11. The molecular formula is C14H18O2. The molecule has 16 heavy (non-hydrogen) atoms.